The molecule has 2 aliphatic heterocycles. The molecule has 1 saturated carbocycles. The van der Waals surface area contributed by atoms with Crippen LogP contribution in [-0.4, -0.2) is 55.9 Å². The zero-order valence-electron chi connectivity index (χ0n) is 22.9. The van der Waals surface area contributed by atoms with Crippen LogP contribution in [0.1, 0.15) is 74.9 Å². The molecule has 0 radical (unpaired) electrons. The molecular formula is C32H28ClN3O6. The fraction of sp³-hybridized carbons (Fsp3) is 0.312. The molecule has 42 heavy (non-hydrogen) atoms. The van der Waals surface area contributed by atoms with Crippen molar-refractivity contribution in [1.82, 2.24) is 14.5 Å². The molecule has 1 N–H and O–H groups in total. The van der Waals surface area contributed by atoms with E-state index < -0.39 is 11.6 Å². The quantitative estimate of drug-likeness (QED) is 0.296. The van der Waals surface area contributed by atoms with Crippen LogP contribution in [-0.2, 0) is 0 Å². The van der Waals surface area contributed by atoms with Crippen LogP contribution < -0.4 is 9.03 Å². The first kappa shape index (κ1) is 26.5. The number of hydrogen-bond acceptors (Lipinski definition) is 6. The predicted octanol–water partition coefficient (Wildman–Crippen LogP) is 6.22. The highest BCUT2D eigenvalue weighted by atomic mass is 35.5. The van der Waals surface area contributed by atoms with Crippen molar-refractivity contribution in [3.05, 3.63) is 77.2 Å². The minimum absolute atomic E-state index is 0.0315. The highest BCUT2D eigenvalue weighted by Crippen LogP contribution is 2.43. The third-order valence-corrected chi connectivity index (χ3v) is 8.89. The number of carbonyl (C=O) groups is 3. The fourth-order valence-electron chi connectivity index (χ4n) is 6.36. The number of Topliss-reactive ketones (excluding diaryl/α,β-unsaturated/α-hetero) is 1. The summed E-state index contributed by atoms with van der Waals surface area (Å²) in [6.07, 6.45) is 7.04. The zero-order chi connectivity index (χ0) is 29.2. The Labute approximate surface area is 246 Å². The molecule has 0 bridgehead atoms. The average Bonchev–Trinajstić information content (AvgIpc) is 3.79. The standard InChI is InChI=1S/C32H28ClN3O6/c1-18-17-36(22-3-4-22)25-14-21(15-28(42-33)29(18)25)30(38)35-10-7-32(8-11-35)16-26(37)23-12-19(2-5-27(23)41-32)20-6-9-34-24(13-20)31(39)40/h2,5-6,9,12-15,17,22H,3-4,7-8,10-11,16H2,1H3,(H,39,40). The number of carboxylic acid groups (broad SMARTS) is 1. The monoisotopic (exact) mass is 585 g/mol. The van der Waals surface area contributed by atoms with Gasteiger partial charge in [0.05, 0.1) is 17.5 Å². The number of hydrogen-bond donors (Lipinski definition) is 1. The molecule has 1 spiro atoms. The summed E-state index contributed by atoms with van der Waals surface area (Å²) in [5.74, 6) is -0.264. The van der Waals surface area contributed by atoms with Crippen LogP contribution in [0, 0.1) is 6.92 Å². The van der Waals surface area contributed by atoms with E-state index in [1.54, 1.807) is 29.2 Å². The summed E-state index contributed by atoms with van der Waals surface area (Å²) in [6, 6.07) is 12.6. The van der Waals surface area contributed by atoms with Crippen molar-refractivity contribution in [3.8, 4) is 22.6 Å². The van der Waals surface area contributed by atoms with E-state index in [1.807, 2.05) is 19.1 Å². The number of rotatable bonds is 5. The van der Waals surface area contributed by atoms with Gasteiger partial charge in [-0.25, -0.2) is 9.78 Å². The molecule has 2 fully saturated rings. The van der Waals surface area contributed by atoms with Gasteiger partial charge in [-0.15, -0.1) is 0 Å². The Kier molecular flexibility index (Phi) is 6.23. The smallest absolute Gasteiger partial charge is 0.354 e. The van der Waals surface area contributed by atoms with E-state index in [-0.39, 0.29) is 23.8 Å². The number of aromatic carboxylic acids is 1. The number of fused-ring (bicyclic) bond motifs is 2. The molecule has 1 saturated heterocycles. The fourth-order valence-corrected chi connectivity index (χ4v) is 6.48. The SMILES string of the molecule is Cc1cn(C2CC2)c2cc(C(=O)N3CCC4(CC3)CC(=O)c3cc(-c5ccnc(C(=O)O)c5)ccc3O4)cc(OCl)c12. The van der Waals surface area contributed by atoms with E-state index in [9.17, 15) is 19.5 Å². The van der Waals surface area contributed by atoms with Crippen molar-refractivity contribution in [1.29, 1.82) is 0 Å². The number of piperidine rings is 1. The normalized spacial score (nSPS) is 17.7. The van der Waals surface area contributed by atoms with Gasteiger partial charge in [-0.2, -0.15) is 0 Å². The Bertz CT molecular complexity index is 1780. The lowest BCUT2D eigenvalue weighted by Gasteiger charge is -2.44. The summed E-state index contributed by atoms with van der Waals surface area (Å²) in [4.78, 5) is 44.0. The minimum Gasteiger partial charge on any atom is -0.486 e. The van der Waals surface area contributed by atoms with Crippen molar-refractivity contribution in [3.63, 3.8) is 0 Å². The lowest BCUT2D eigenvalue weighted by atomic mass is 9.82. The Morgan fingerprint density at radius 2 is 1.86 bits per heavy atom. The van der Waals surface area contributed by atoms with Gasteiger partial charge in [-0.1, -0.05) is 6.07 Å². The third kappa shape index (κ3) is 4.48. The number of nitrogens with zero attached hydrogens (tertiary/aromatic N) is 3. The van der Waals surface area contributed by atoms with Gasteiger partial charge in [-0.3, -0.25) is 9.59 Å². The number of likely N-dealkylation sites (tertiary alicyclic amines) is 1. The maximum absolute atomic E-state index is 13.7. The highest BCUT2D eigenvalue weighted by Gasteiger charge is 2.44. The van der Waals surface area contributed by atoms with E-state index >= 15 is 0 Å². The molecule has 214 valence electrons. The van der Waals surface area contributed by atoms with Crippen LogP contribution in [0.3, 0.4) is 0 Å². The number of halogens is 1. The molecule has 0 atom stereocenters. The summed E-state index contributed by atoms with van der Waals surface area (Å²) in [6.45, 7) is 2.92. The van der Waals surface area contributed by atoms with E-state index in [0.717, 1.165) is 29.3 Å². The topological polar surface area (TPSA) is 111 Å². The molecule has 9 nitrogen and oxygen atoms in total. The number of aryl methyl sites for hydroxylation is 1. The summed E-state index contributed by atoms with van der Waals surface area (Å²) in [5.41, 5.74) is 3.64. The molecule has 4 aromatic rings. The second-order valence-electron chi connectivity index (χ2n) is 11.5. The maximum Gasteiger partial charge on any atom is 0.354 e. The van der Waals surface area contributed by atoms with Crippen molar-refractivity contribution >= 4 is 40.4 Å². The van der Waals surface area contributed by atoms with Crippen LogP contribution in [0.5, 0.6) is 11.5 Å². The minimum atomic E-state index is -1.11. The van der Waals surface area contributed by atoms with Gasteiger partial charge in [0.25, 0.3) is 5.91 Å². The number of ether oxygens (including phenoxy) is 1. The lowest BCUT2D eigenvalue weighted by molar-refractivity contribution is -0.00571. The second kappa shape index (κ2) is 9.87. The van der Waals surface area contributed by atoms with E-state index in [1.165, 1.54) is 12.3 Å². The molecule has 2 aromatic heterocycles. The lowest BCUT2D eigenvalue weighted by Crippen LogP contribution is -2.52. The first-order chi connectivity index (χ1) is 20.2. The zero-order valence-corrected chi connectivity index (χ0v) is 23.7. The van der Waals surface area contributed by atoms with Crippen LogP contribution in [0.2, 0.25) is 0 Å². The van der Waals surface area contributed by atoms with Crippen molar-refractivity contribution in [2.45, 2.75) is 50.7 Å². The highest BCUT2D eigenvalue weighted by molar-refractivity contribution is 6.11. The Balaban J connectivity index is 1.09. The molecule has 1 amide bonds. The first-order valence-electron chi connectivity index (χ1n) is 14.0. The molecule has 1 aliphatic carbocycles. The number of aromatic nitrogens is 2. The van der Waals surface area contributed by atoms with E-state index in [4.69, 9.17) is 20.9 Å². The van der Waals surface area contributed by atoms with E-state index in [0.29, 0.717) is 65.7 Å². The van der Waals surface area contributed by atoms with Crippen molar-refractivity contribution in [2.75, 3.05) is 13.1 Å². The summed E-state index contributed by atoms with van der Waals surface area (Å²) in [7, 11) is 0. The summed E-state index contributed by atoms with van der Waals surface area (Å²) >= 11 is 5.85. The molecule has 0 unspecified atom stereocenters. The number of amides is 1. The second-order valence-corrected chi connectivity index (χ2v) is 11.7. The van der Waals surface area contributed by atoms with Gasteiger partial charge < -0.3 is 23.6 Å². The average molecular weight is 586 g/mol. The molecule has 7 rings (SSSR count). The van der Waals surface area contributed by atoms with Gasteiger partial charge in [0.1, 0.15) is 28.9 Å². The molecule has 4 heterocycles. The summed E-state index contributed by atoms with van der Waals surface area (Å²) < 4.78 is 13.9. The molecular weight excluding hydrogens is 558 g/mol. The van der Waals surface area contributed by atoms with Crippen LogP contribution in [0.25, 0.3) is 22.0 Å². The number of ketones is 1. The molecule has 10 heteroatoms. The predicted molar refractivity (Wildman–Crippen MR) is 156 cm³/mol. The largest absolute Gasteiger partial charge is 0.486 e. The van der Waals surface area contributed by atoms with Gasteiger partial charge in [0.2, 0.25) is 0 Å². The van der Waals surface area contributed by atoms with Crippen LogP contribution in [0.4, 0.5) is 0 Å². The van der Waals surface area contributed by atoms with Crippen molar-refractivity contribution < 1.29 is 28.5 Å². The number of carbonyl (C=O) groups excluding carboxylic acids is 2. The Morgan fingerprint density at radius 3 is 2.57 bits per heavy atom. The first-order valence-corrected chi connectivity index (χ1v) is 14.4. The Hall–Kier alpha value is -4.37. The van der Waals surface area contributed by atoms with Gasteiger partial charge in [-0.05, 0) is 72.9 Å². The van der Waals surface area contributed by atoms with Gasteiger partial charge in [0.15, 0.2) is 11.5 Å². The van der Waals surface area contributed by atoms with Crippen molar-refractivity contribution in [2.24, 2.45) is 0 Å². The molecule has 2 aromatic carbocycles. The maximum atomic E-state index is 13.7. The van der Waals surface area contributed by atoms with E-state index in [2.05, 4.69) is 15.7 Å². The number of benzene rings is 2. The summed E-state index contributed by atoms with van der Waals surface area (Å²) in [5, 5.41) is 10.2. The number of carboxylic acids is 1. The molecule has 3 aliphatic rings. The van der Waals surface area contributed by atoms with Gasteiger partial charge >= 0.3 is 5.97 Å². The van der Waals surface area contributed by atoms with Gasteiger partial charge in [0, 0.05) is 55.3 Å². The van der Waals surface area contributed by atoms with Crippen LogP contribution in [0.15, 0.2) is 54.9 Å². The Morgan fingerprint density at radius 1 is 1.10 bits per heavy atom. The number of pyridine rings is 1. The third-order valence-electron chi connectivity index (χ3n) is 8.72. The van der Waals surface area contributed by atoms with Crippen LogP contribution >= 0.6 is 11.9 Å².